The van der Waals surface area contributed by atoms with Crippen molar-refractivity contribution >= 4 is 21.8 Å². The van der Waals surface area contributed by atoms with Crippen LogP contribution in [-0.2, 0) is 19.8 Å². The molecule has 8 heteroatoms. The Hall–Kier alpha value is -2.61. The molecule has 7 nitrogen and oxygen atoms in total. The third-order valence-corrected chi connectivity index (χ3v) is 5.28. The minimum absolute atomic E-state index is 0.164. The quantitative estimate of drug-likeness (QED) is 0.503. The van der Waals surface area contributed by atoms with Gasteiger partial charge < -0.3 is 9.64 Å². The summed E-state index contributed by atoms with van der Waals surface area (Å²) in [4.78, 5) is 14.3. The molecular weight excluding hydrogens is 434 g/mol. The van der Waals surface area contributed by atoms with E-state index in [9.17, 15) is 4.79 Å². The van der Waals surface area contributed by atoms with Gasteiger partial charge in [-0.15, -0.1) is 0 Å². The highest BCUT2D eigenvalue weighted by atomic mass is 79.9. The summed E-state index contributed by atoms with van der Waals surface area (Å²) in [5, 5.41) is 8.80. The zero-order chi connectivity index (χ0) is 21.0. The minimum atomic E-state index is -0.164. The highest BCUT2D eigenvalue weighted by molar-refractivity contribution is 9.10. The molecule has 2 aromatic heterocycles. The molecule has 3 aromatic rings. The van der Waals surface area contributed by atoms with Crippen LogP contribution in [-0.4, -0.2) is 37.4 Å². The minimum Gasteiger partial charge on any atom is -0.471 e. The molecule has 29 heavy (non-hydrogen) atoms. The van der Waals surface area contributed by atoms with Crippen molar-refractivity contribution in [3.63, 3.8) is 0 Å². The Bertz CT molecular complexity index is 962. The van der Waals surface area contributed by atoms with Gasteiger partial charge in [0.1, 0.15) is 5.75 Å². The molecule has 0 radical (unpaired) electrons. The molecule has 1 aromatic carbocycles. The smallest absolute Gasteiger partial charge is 0.274 e. The molecule has 0 aliphatic heterocycles. The highest BCUT2D eigenvalue weighted by Gasteiger charge is 2.18. The summed E-state index contributed by atoms with van der Waals surface area (Å²) in [6, 6.07) is 9.72. The van der Waals surface area contributed by atoms with Crippen molar-refractivity contribution in [2.45, 2.75) is 46.5 Å². The molecule has 0 saturated heterocycles. The number of nitrogens with zero attached hydrogens (tertiary/aromatic N) is 5. The summed E-state index contributed by atoms with van der Waals surface area (Å²) in [6.45, 7) is 7.75. The van der Waals surface area contributed by atoms with Crippen LogP contribution in [0.5, 0.6) is 5.75 Å². The number of hydrogen-bond acceptors (Lipinski definition) is 4. The number of aryl methyl sites for hydroxylation is 1. The first-order chi connectivity index (χ1) is 13.9. The van der Waals surface area contributed by atoms with Crippen molar-refractivity contribution in [3.05, 3.63) is 64.1 Å². The number of ether oxygens (including phenoxy) is 1. The summed E-state index contributed by atoms with van der Waals surface area (Å²) < 4.78 is 10.1. The Morgan fingerprint density at radius 2 is 1.90 bits per heavy atom. The molecule has 1 amide bonds. The zero-order valence-electron chi connectivity index (χ0n) is 17.2. The van der Waals surface area contributed by atoms with E-state index in [1.54, 1.807) is 28.9 Å². The number of rotatable bonds is 8. The molecule has 0 bridgehead atoms. The Balaban J connectivity index is 1.58. The van der Waals surface area contributed by atoms with Crippen LogP contribution in [0.25, 0.3) is 0 Å². The van der Waals surface area contributed by atoms with Crippen molar-refractivity contribution in [2.24, 2.45) is 0 Å². The van der Waals surface area contributed by atoms with Crippen molar-refractivity contribution in [2.75, 3.05) is 7.05 Å². The molecule has 3 rings (SSSR count). The Labute approximate surface area is 179 Å². The lowest BCUT2D eigenvalue weighted by Crippen LogP contribution is -2.27. The summed E-state index contributed by atoms with van der Waals surface area (Å²) in [5.74, 6) is 1.09. The van der Waals surface area contributed by atoms with Gasteiger partial charge in [-0.25, -0.2) is 4.68 Å². The van der Waals surface area contributed by atoms with Crippen LogP contribution in [0.3, 0.4) is 0 Å². The van der Waals surface area contributed by atoms with Crippen molar-refractivity contribution in [1.29, 1.82) is 0 Å². The lowest BCUT2D eigenvalue weighted by Gasteiger charge is -2.14. The molecular formula is C21H26BrN5O2. The van der Waals surface area contributed by atoms with E-state index in [2.05, 4.69) is 52.1 Å². The average Bonchev–Trinajstić information content (AvgIpc) is 3.32. The Morgan fingerprint density at radius 1 is 1.17 bits per heavy atom. The fourth-order valence-electron chi connectivity index (χ4n) is 2.84. The van der Waals surface area contributed by atoms with E-state index in [0.29, 0.717) is 18.2 Å². The van der Waals surface area contributed by atoms with Gasteiger partial charge in [-0.05, 0) is 52.5 Å². The molecule has 0 N–H and O–H groups in total. The highest BCUT2D eigenvalue weighted by Crippen LogP contribution is 2.19. The number of hydrogen-bond donors (Lipinski definition) is 0. The van der Waals surface area contributed by atoms with E-state index in [0.717, 1.165) is 22.5 Å². The topological polar surface area (TPSA) is 65.2 Å². The van der Waals surface area contributed by atoms with Gasteiger partial charge in [0.2, 0.25) is 0 Å². The van der Waals surface area contributed by atoms with Gasteiger partial charge in [0.25, 0.3) is 5.91 Å². The van der Waals surface area contributed by atoms with Crippen LogP contribution < -0.4 is 4.74 Å². The van der Waals surface area contributed by atoms with E-state index in [1.807, 2.05) is 29.9 Å². The van der Waals surface area contributed by atoms with Gasteiger partial charge >= 0.3 is 0 Å². The first kappa shape index (κ1) is 21.1. The van der Waals surface area contributed by atoms with Crippen LogP contribution in [0.2, 0.25) is 0 Å². The van der Waals surface area contributed by atoms with Gasteiger partial charge in [0.05, 0.1) is 16.7 Å². The predicted octanol–water partition coefficient (Wildman–Crippen LogP) is 4.29. The standard InChI is InChI=1S/C21H26BrN5O2/c1-5-26-12-18(22)20(24-26)13-25(4)21(28)19-10-11-27(23-19)14-29-17-8-6-16(7-9-17)15(2)3/h6-12,15H,5,13-14H2,1-4H3. The van der Waals surface area contributed by atoms with Gasteiger partial charge in [0.15, 0.2) is 12.4 Å². The molecule has 154 valence electrons. The van der Waals surface area contributed by atoms with Gasteiger partial charge in [0, 0.05) is 26.0 Å². The molecule has 0 aliphatic carbocycles. The van der Waals surface area contributed by atoms with E-state index >= 15 is 0 Å². The first-order valence-electron chi connectivity index (χ1n) is 9.61. The number of aromatic nitrogens is 4. The lowest BCUT2D eigenvalue weighted by atomic mass is 10.0. The van der Waals surface area contributed by atoms with Crippen molar-refractivity contribution < 1.29 is 9.53 Å². The van der Waals surface area contributed by atoms with Crippen LogP contribution in [0.15, 0.2) is 47.2 Å². The van der Waals surface area contributed by atoms with Crippen LogP contribution in [0.1, 0.15) is 48.4 Å². The second-order valence-electron chi connectivity index (χ2n) is 7.18. The predicted molar refractivity (Wildman–Crippen MR) is 115 cm³/mol. The van der Waals surface area contributed by atoms with Crippen LogP contribution in [0.4, 0.5) is 0 Å². The number of benzene rings is 1. The largest absolute Gasteiger partial charge is 0.471 e. The second-order valence-corrected chi connectivity index (χ2v) is 8.03. The number of carbonyl (C=O) groups excluding carboxylic acids is 1. The summed E-state index contributed by atoms with van der Waals surface area (Å²) in [5.41, 5.74) is 2.45. The maximum atomic E-state index is 12.7. The van der Waals surface area contributed by atoms with Crippen molar-refractivity contribution in [1.82, 2.24) is 24.5 Å². The molecule has 0 saturated carbocycles. The Kier molecular flexibility index (Phi) is 6.74. The normalized spacial score (nSPS) is 11.1. The average molecular weight is 460 g/mol. The SMILES string of the molecule is CCn1cc(Br)c(CN(C)C(=O)c2ccn(COc3ccc(C(C)C)cc3)n2)n1. The van der Waals surface area contributed by atoms with Crippen LogP contribution in [0, 0.1) is 0 Å². The van der Waals surface area contributed by atoms with E-state index in [4.69, 9.17) is 4.74 Å². The fraction of sp³-hybridized carbons (Fsp3) is 0.381. The summed E-state index contributed by atoms with van der Waals surface area (Å²) in [6.07, 6.45) is 3.65. The van der Waals surface area contributed by atoms with Gasteiger partial charge in [-0.1, -0.05) is 26.0 Å². The maximum Gasteiger partial charge on any atom is 0.274 e. The molecule has 2 heterocycles. The molecule has 0 spiro atoms. The van der Waals surface area contributed by atoms with Crippen molar-refractivity contribution in [3.8, 4) is 5.75 Å². The molecule has 0 unspecified atom stereocenters. The van der Waals surface area contributed by atoms with Gasteiger partial charge in [-0.3, -0.25) is 9.48 Å². The van der Waals surface area contributed by atoms with Crippen LogP contribution >= 0.6 is 15.9 Å². The Morgan fingerprint density at radius 3 is 2.52 bits per heavy atom. The second kappa shape index (κ2) is 9.26. The zero-order valence-corrected chi connectivity index (χ0v) is 18.8. The number of halogens is 1. The number of carbonyl (C=O) groups is 1. The molecule has 0 aliphatic rings. The molecule has 0 atom stereocenters. The monoisotopic (exact) mass is 459 g/mol. The maximum absolute atomic E-state index is 12.7. The lowest BCUT2D eigenvalue weighted by molar-refractivity contribution is 0.0775. The number of amides is 1. The molecule has 0 fully saturated rings. The van der Waals surface area contributed by atoms with Gasteiger partial charge in [-0.2, -0.15) is 10.2 Å². The summed E-state index contributed by atoms with van der Waals surface area (Å²) >= 11 is 3.49. The van der Waals surface area contributed by atoms with E-state index in [1.165, 1.54) is 5.56 Å². The first-order valence-corrected chi connectivity index (χ1v) is 10.4. The summed E-state index contributed by atoms with van der Waals surface area (Å²) in [7, 11) is 1.74. The third-order valence-electron chi connectivity index (χ3n) is 4.61. The fourth-order valence-corrected chi connectivity index (χ4v) is 3.28. The third kappa shape index (κ3) is 5.26. The van der Waals surface area contributed by atoms with E-state index < -0.39 is 0 Å². The van der Waals surface area contributed by atoms with E-state index in [-0.39, 0.29) is 12.6 Å².